The number of esters is 1. The molecule has 0 unspecified atom stereocenters. The first-order valence-electron chi connectivity index (χ1n) is 10.3. The van der Waals surface area contributed by atoms with Gasteiger partial charge in [0.05, 0.1) is 18.1 Å². The molecule has 4 nitrogen and oxygen atoms in total. The molecule has 1 aliphatic rings. The molecule has 5 heteroatoms. The summed E-state index contributed by atoms with van der Waals surface area (Å²) in [6.45, 7) is 6.36. The number of carbonyl (C=O) groups is 2. The van der Waals surface area contributed by atoms with E-state index in [9.17, 15) is 9.59 Å². The van der Waals surface area contributed by atoms with Gasteiger partial charge in [0.15, 0.2) is 0 Å². The summed E-state index contributed by atoms with van der Waals surface area (Å²) in [6.07, 6.45) is 4.79. The standard InChI is InChI=1S/C23H29NO3S/c1-4-15-12-13-18-19(14-15)28-22(20(18)23(26)27-6-3)24-21(25)17(5-2)16-10-8-7-9-11-16/h7-11,15,17H,4-6,12-14H2,1-3H3,(H,24,25)/t15-,17+/m1/s1. The molecule has 150 valence electrons. The molecule has 1 N–H and O–H groups in total. The Hall–Kier alpha value is -2.14. The van der Waals surface area contributed by atoms with Crippen LogP contribution in [0.5, 0.6) is 0 Å². The highest BCUT2D eigenvalue weighted by molar-refractivity contribution is 7.17. The van der Waals surface area contributed by atoms with E-state index < -0.39 is 0 Å². The molecule has 0 bridgehead atoms. The average molecular weight is 400 g/mol. The number of hydrogen-bond donors (Lipinski definition) is 1. The fourth-order valence-electron chi connectivity index (χ4n) is 3.97. The van der Waals surface area contributed by atoms with E-state index in [-0.39, 0.29) is 17.8 Å². The molecular weight excluding hydrogens is 370 g/mol. The van der Waals surface area contributed by atoms with Gasteiger partial charge in [-0.05, 0) is 49.7 Å². The third kappa shape index (κ3) is 4.30. The third-order valence-corrected chi connectivity index (χ3v) is 6.76. The van der Waals surface area contributed by atoms with Crippen molar-refractivity contribution in [3.05, 3.63) is 51.9 Å². The minimum Gasteiger partial charge on any atom is -0.462 e. The number of fused-ring (bicyclic) bond motifs is 1. The van der Waals surface area contributed by atoms with Gasteiger partial charge in [-0.3, -0.25) is 4.79 Å². The number of benzene rings is 1. The lowest BCUT2D eigenvalue weighted by Gasteiger charge is -2.21. The van der Waals surface area contributed by atoms with E-state index in [1.165, 1.54) is 4.88 Å². The highest BCUT2D eigenvalue weighted by Gasteiger charge is 2.31. The second kappa shape index (κ2) is 9.37. The Bertz CT molecular complexity index is 828. The topological polar surface area (TPSA) is 55.4 Å². The third-order valence-electron chi connectivity index (χ3n) is 5.59. The van der Waals surface area contributed by atoms with Gasteiger partial charge in [0, 0.05) is 4.88 Å². The van der Waals surface area contributed by atoms with Crippen molar-refractivity contribution in [2.45, 2.75) is 58.8 Å². The van der Waals surface area contributed by atoms with Crippen molar-refractivity contribution in [2.24, 2.45) is 5.92 Å². The van der Waals surface area contributed by atoms with Gasteiger partial charge < -0.3 is 10.1 Å². The van der Waals surface area contributed by atoms with Crippen LogP contribution in [-0.2, 0) is 22.4 Å². The minimum absolute atomic E-state index is 0.0649. The first-order valence-corrected chi connectivity index (χ1v) is 11.1. The van der Waals surface area contributed by atoms with Gasteiger partial charge >= 0.3 is 5.97 Å². The summed E-state index contributed by atoms with van der Waals surface area (Å²) in [7, 11) is 0. The van der Waals surface area contributed by atoms with E-state index in [2.05, 4.69) is 12.2 Å². The Kier molecular flexibility index (Phi) is 6.89. The number of carbonyl (C=O) groups excluding carboxylic acids is 2. The average Bonchev–Trinajstić information content (AvgIpc) is 3.06. The number of thiophene rings is 1. The number of hydrogen-bond acceptors (Lipinski definition) is 4. The maximum atomic E-state index is 13.1. The molecule has 0 saturated heterocycles. The molecule has 2 aromatic rings. The molecular formula is C23H29NO3S. The molecule has 3 rings (SSSR count). The predicted molar refractivity (Wildman–Crippen MR) is 114 cm³/mol. The van der Waals surface area contributed by atoms with Gasteiger partial charge in [0.1, 0.15) is 5.00 Å². The monoisotopic (exact) mass is 399 g/mol. The van der Waals surface area contributed by atoms with Crippen LogP contribution in [0.3, 0.4) is 0 Å². The lowest BCUT2D eigenvalue weighted by molar-refractivity contribution is -0.117. The maximum Gasteiger partial charge on any atom is 0.341 e. The Balaban J connectivity index is 1.91. The summed E-state index contributed by atoms with van der Waals surface area (Å²) >= 11 is 1.55. The molecule has 0 saturated carbocycles. The molecule has 0 aliphatic heterocycles. The highest BCUT2D eigenvalue weighted by atomic mass is 32.1. The molecule has 1 aromatic heterocycles. The van der Waals surface area contributed by atoms with E-state index in [0.29, 0.717) is 29.5 Å². The van der Waals surface area contributed by atoms with Crippen molar-refractivity contribution < 1.29 is 14.3 Å². The van der Waals surface area contributed by atoms with E-state index in [4.69, 9.17) is 4.74 Å². The number of amides is 1. The van der Waals surface area contributed by atoms with Gasteiger partial charge in [0.25, 0.3) is 0 Å². The summed E-state index contributed by atoms with van der Waals surface area (Å²) < 4.78 is 5.32. The number of nitrogens with one attached hydrogen (secondary N) is 1. The summed E-state index contributed by atoms with van der Waals surface area (Å²) in [5, 5.41) is 3.72. The SMILES string of the molecule is CCOC(=O)c1c(NC(=O)[C@@H](CC)c2ccccc2)sc2c1CC[C@@H](CC)C2. The smallest absolute Gasteiger partial charge is 0.341 e. The van der Waals surface area contributed by atoms with E-state index in [1.54, 1.807) is 11.3 Å². The molecule has 1 aliphatic carbocycles. The predicted octanol–water partition coefficient (Wildman–Crippen LogP) is 5.57. The minimum atomic E-state index is -0.321. The van der Waals surface area contributed by atoms with Crippen LogP contribution < -0.4 is 5.32 Å². The lowest BCUT2D eigenvalue weighted by atomic mass is 9.85. The van der Waals surface area contributed by atoms with Crippen LogP contribution in [0.2, 0.25) is 0 Å². The molecule has 1 amide bonds. The zero-order valence-corrected chi connectivity index (χ0v) is 17.7. The van der Waals surface area contributed by atoms with Crippen LogP contribution in [0, 0.1) is 5.92 Å². The summed E-state index contributed by atoms with van der Waals surface area (Å²) in [4.78, 5) is 27.0. The quantitative estimate of drug-likeness (QED) is 0.619. The lowest BCUT2D eigenvalue weighted by Crippen LogP contribution is -2.22. The fraction of sp³-hybridized carbons (Fsp3) is 0.478. The zero-order chi connectivity index (χ0) is 20.1. The zero-order valence-electron chi connectivity index (χ0n) is 16.9. The van der Waals surface area contributed by atoms with Crippen molar-refractivity contribution in [3.8, 4) is 0 Å². The molecule has 0 radical (unpaired) electrons. The van der Waals surface area contributed by atoms with Gasteiger partial charge in [-0.1, -0.05) is 50.6 Å². The Morgan fingerprint density at radius 2 is 1.96 bits per heavy atom. The van der Waals surface area contributed by atoms with Crippen molar-refractivity contribution in [3.63, 3.8) is 0 Å². The Labute approximate surface area is 171 Å². The van der Waals surface area contributed by atoms with Crippen molar-refractivity contribution >= 4 is 28.2 Å². The van der Waals surface area contributed by atoms with Crippen LogP contribution >= 0.6 is 11.3 Å². The van der Waals surface area contributed by atoms with E-state index in [0.717, 1.165) is 36.8 Å². The normalized spacial score (nSPS) is 16.9. The first kappa shape index (κ1) is 20.6. The second-order valence-electron chi connectivity index (χ2n) is 7.31. The van der Waals surface area contributed by atoms with Gasteiger partial charge in [0.2, 0.25) is 5.91 Å². The summed E-state index contributed by atoms with van der Waals surface area (Å²) in [5.74, 6) is 0.0270. The largest absolute Gasteiger partial charge is 0.462 e. The van der Waals surface area contributed by atoms with Crippen molar-refractivity contribution in [1.29, 1.82) is 0 Å². The molecule has 0 spiro atoms. The highest BCUT2D eigenvalue weighted by Crippen LogP contribution is 2.41. The molecule has 28 heavy (non-hydrogen) atoms. The second-order valence-corrected chi connectivity index (χ2v) is 8.41. The van der Waals surface area contributed by atoms with Gasteiger partial charge in [-0.25, -0.2) is 4.79 Å². The van der Waals surface area contributed by atoms with E-state index in [1.807, 2.05) is 44.2 Å². The van der Waals surface area contributed by atoms with Crippen LogP contribution in [0.25, 0.3) is 0 Å². The first-order chi connectivity index (χ1) is 13.6. The van der Waals surface area contributed by atoms with E-state index >= 15 is 0 Å². The van der Waals surface area contributed by atoms with Crippen molar-refractivity contribution in [1.82, 2.24) is 0 Å². The molecule has 1 heterocycles. The number of rotatable bonds is 7. The number of anilines is 1. The van der Waals surface area contributed by atoms with Crippen LogP contribution in [-0.4, -0.2) is 18.5 Å². The fourth-order valence-corrected chi connectivity index (χ4v) is 5.32. The van der Waals surface area contributed by atoms with Crippen LogP contribution in [0.4, 0.5) is 5.00 Å². The van der Waals surface area contributed by atoms with Gasteiger partial charge in [-0.2, -0.15) is 0 Å². The Morgan fingerprint density at radius 3 is 2.61 bits per heavy atom. The summed E-state index contributed by atoms with van der Waals surface area (Å²) in [5.41, 5.74) is 2.65. The molecule has 0 fully saturated rings. The van der Waals surface area contributed by atoms with Gasteiger partial charge in [-0.15, -0.1) is 11.3 Å². The summed E-state index contributed by atoms with van der Waals surface area (Å²) in [6, 6.07) is 9.80. The van der Waals surface area contributed by atoms with Crippen molar-refractivity contribution in [2.75, 3.05) is 11.9 Å². The molecule has 2 atom stereocenters. The Morgan fingerprint density at radius 1 is 1.21 bits per heavy atom. The molecule has 1 aromatic carbocycles. The number of ether oxygens (including phenoxy) is 1. The van der Waals surface area contributed by atoms with Crippen LogP contribution in [0.15, 0.2) is 30.3 Å². The van der Waals surface area contributed by atoms with Crippen LogP contribution in [0.1, 0.15) is 72.3 Å². The maximum absolute atomic E-state index is 13.1.